The molecule has 12 atom stereocenters. The number of aliphatic hydroxyl groups is 1. The molecule has 3 aliphatic carbocycles. The maximum Gasteiger partial charge on any atom is 0.308 e. The number of carbonyl (C=O) groups excluding carboxylic acids is 3. The van der Waals surface area contributed by atoms with E-state index in [0.717, 1.165) is 5.56 Å². The zero-order valence-corrected chi connectivity index (χ0v) is 24.5. The molecule has 1 aromatic rings. The lowest BCUT2D eigenvalue weighted by atomic mass is 9.34. The highest BCUT2D eigenvalue weighted by Crippen LogP contribution is 2.82. The second-order valence-electron chi connectivity index (χ2n) is 14.3. The molecule has 1 spiro atoms. The van der Waals surface area contributed by atoms with E-state index in [2.05, 4.69) is 6.92 Å². The second-order valence-corrected chi connectivity index (χ2v) is 14.3. The molecule has 4 aliphatic heterocycles. The molecular formula is C31H40O10. The first kappa shape index (κ1) is 27.4. The minimum Gasteiger partial charge on any atom is -0.472 e. The van der Waals surface area contributed by atoms with Crippen LogP contribution in [0.5, 0.6) is 0 Å². The zero-order chi connectivity index (χ0) is 29.3. The molecule has 0 radical (unpaired) electrons. The predicted molar refractivity (Wildman–Crippen MR) is 140 cm³/mol. The van der Waals surface area contributed by atoms with E-state index in [9.17, 15) is 19.5 Å². The number of hydrogen-bond donors (Lipinski definition) is 1. The van der Waals surface area contributed by atoms with Crippen LogP contribution in [0.3, 0.4) is 0 Å². The molecule has 4 bridgehead atoms. The van der Waals surface area contributed by atoms with E-state index in [1.54, 1.807) is 26.4 Å². The predicted octanol–water partition coefficient (Wildman–Crippen LogP) is 3.56. The molecule has 0 amide bonds. The van der Waals surface area contributed by atoms with Gasteiger partial charge in [-0.2, -0.15) is 0 Å². The summed E-state index contributed by atoms with van der Waals surface area (Å²) in [5.41, 5.74) is -2.15. The normalized spacial score (nSPS) is 50.7. The van der Waals surface area contributed by atoms with Gasteiger partial charge in [0.25, 0.3) is 0 Å². The van der Waals surface area contributed by atoms with E-state index < -0.39 is 63.8 Å². The molecule has 4 saturated heterocycles. The topological polar surface area (TPSA) is 134 Å². The van der Waals surface area contributed by atoms with E-state index in [-0.39, 0.29) is 49.1 Å². The Bertz CT molecular complexity index is 1290. The molecule has 1 aromatic heterocycles. The highest BCUT2D eigenvalue weighted by molar-refractivity contribution is 5.73. The van der Waals surface area contributed by atoms with Crippen LogP contribution in [-0.4, -0.2) is 60.3 Å². The van der Waals surface area contributed by atoms with Crippen molar-refractivity contribution >= 4 is 17.9 Å². The van der Waals surface area contributed by atoms with Crippen LogP contribution in [0.1, 0.15) is 72.0 Å². The van der Waals surface area contributed by atoms with Crippen LogP contribution < -0.4 is 0 Å². The summed E-state index contributed by atoms with van der Waals surface area (Å²) in [6, 6.07) is 1.83. The van der Waals surface area contributed by atoms with E-state index in [1.807, 2.05) is 19.9 Å². The number of fused-ring (bicyclic) bond motifs is 2. The Hall–Kier alpha value is -2.43. The van der Waals surface area contributed by atoms with Crippen LogP contribution >= 0.6 is 0 Å². The van der Waals surface area contributed by atoms with Crippen molar-refractivity contribution < 1.29 is 47.6 Å². The lowest BCUT2D eigenvalue weighted by Crippen LogP contribution is -2.83. The van der Waals surface area contributed by atoms with Gasteiger partial charge in [-0.05, 0) is 24.8 Å². The molecule has 3 saturated carbocycles. The highest BCUT2D eigenvalue weighted by atomic mass is 16.7. The molecular weight excluding hydrogens is 532 g/mol. The molecule has 1 unspecified atom stereocenters. The first-order valence-electron chi connectivity index (χ1n) is 14.8. The van der Waals surface area contributed by atoms with Gasteiger partial charge < -0.3 is 33.2 Å². The minimum absolute atomic E-state index is 0.0382. The van der Waals surface area contributed by atoms with Crippen LogP contribution in [0.2, 0.25) is 0 Å². The molecule has 8 rings (SSSR count). The molecule has 10 nitrogen and oxygen atoms in total. The maximum atomic E-state index is 13.2. The first-order chi connectivity index (χ1) is 19.3. The van der Waals surface area contributed by atoms with Crippen LogP contribution in [-0.2, 0) is 38.1 Å². The summed E-state index contributed by atoms with van der Waals surface area (Å²) in [6.07, 6.45) is 3.07. The van der Waals surface area contributed by atoms with Gasteiger partial charge in [-0.25, -0.2) is 0 Å². The summed E-state index contributed by atoms with van der Waals surface area (Å²) in [5, 5.41) is 12.6. The van der Waals surface area contributed by atoms with E-state index >= 15 is 0 Å². The summed E-state index contributed by atoms with van der Waals surface area (Å²) in [4.78, 5) is 39.2. The Morgan fingerprint density at radius 3 is 2.59 bits per heavy atom. The fourth-order valence-electron chi connectivity index (χ4n) is 10.4. The minimum atomic E-state index is -1.70. The molecule has 10 heteroatoms. The number of epoxide rings is 1. The Morgan fingerprint density at radius 1 is 1.17 bits per heavy atom. The third-order valence-corrected chi connectivity index (χ3v) is 12.3. The third-order valence-electron chi connectivity index (χ3n) is 12.3. The van der Waals surface area contributed by atoms with Gasteiger partial charge in [0.1, 0.15) is 17.8 Å². The number of hydrogen-bond acceptors (Lipinski definition) is 10. The molecule has 5 heterocycles. The molecule has 7 fully saturated rings. The van der Waals surface area contributed by atoms with Crippen molar-refractivity contribution in [2.75, 3.05) is 13.7 Å². The number of rotatable bonds is 5. The summed E-state index contributed by atoms with van der Waals surface area (Å²) >= 11 is 0. The molecule has 7 aliphatic rings. The average molecular weight is 573 g/mol. The largest absolute Gasteiger partial charge is 0.472 e. The van der Waals surface area contributed by atoms with Crippen molar-refractivity contribution in [3.8, 4) is 0 Å². The van der Waals surface area contributed by atoms with Gasteiger partial charge in [0.15, 0.2) is 5.79 Å². The van der Waals surface area contributed by atoms with Crippen molar-refractivity contribution in [1.29, 1.82) is 0 Å². The second kappa shape index (κ2) is 8.35. The number of furan rings is 1. The smallest absolute Gasteiger partial charge is 0.308 e. The lowest BCUT2D eigenvalue weighted by molar-refractivity contribution is -0.446. The van der Waals surface area contributed by atoms with Crippen LogP contribution in [0.25, 0.3) is 0 Å². The van der Waals surface area contributed by atoms with E-state index in [4.69, 9.17) is 28.1 Å². The first-order valence-corrected chi connectivity index (χ1v) is 14.8. The molecule has 1 N–H and O–H groups in total. The summed E-state index contributed by atoms with van der Waals surface area (Å²) in [7, 11) is 1.36. The molecule has 224 valence electrons. The van der Waals surface area contributed by atoms with Gasteiger partial charge in [0.2, 0.25) is 0 Å². The van der Waals surface area contributed by atoms with Crippen molar-refractivity contribution in [1.82, 2.24) is 0 Å². The third kappa shape index (κ3) is 3.11. The maximum absolute atomic E-state index is 13.2. The van der Waals surface area contributed by atoms with E-state index in [0.29, 0.717) is 12.8 Å². The van der Waals surface area contributed by atoms with Gasteiger partial charge in [-0.1, -0.05) is 34.6 Å². The summed E-state index contributed by atoms with van der Waals surface area (Å²) in [5.74, 6) is -4.72. The summed E-state index contributed by atoms with van der Waals surface area (Å²) < 4.78 is 36.0. The molecule has 41 heavy (non-hydrogen) atoms. The van der Waals surface area contributed by atoms with E-state index in [1.165, 1.54) is 7.11 Å². The van der Waals surface area contributed by atoms with Crippen molar-refractivity contribution in [2.24, 2.45) is 45.8 Å². The van der Waals surface area contributed by atoms with Crippen molar-refractivity contribution in [2.45, 2.75) is 90.0 Å². The standard InChI is InChI=1S/C31H40O10/c1-15(2)26(34)40-24-22-25-30(41-25)17(29(5)18(11-20(32)36-6)28(24,4)14-38-31(22,29)35)7-9-27(3)19(30)12-21(33)39-23(27)16-8-10-37-13-16/h8,10,13,15,17-19,22-25,35H,7,9,11-12,14H2,1-6H3/t17-,18+,19-,22?,23+,24-,25-,27-,28+,29-,30-,31-/m1/s1. The lowest BCUT2D eigenvalue weighted by Gasteiger charge is -2.74. The van der Waals surface area contributed by atoms with Crippen LogP contribution in [0.15, 0.2) is 23.0 Å². The average Bonchev–Trinajstić information content (AvgIpc) is 3.37. The number of ether oxygens (including phenoxy) is 5. The van der Waals surface area contributed by atoms with Crippen LogP contribution in [0.4, 0.5) is 0 Å². The van der Waals surface area contributed by atoms with Gasteiger partial charge in [-0.3, -0.25) is 14.4 Å². The fourth-order valence-corrected chi connectivity index (χ4v) is 10.4. The van der Waals surface area contributed by atoms with Gasteiger partial charge in [0, 0.05) is 40.1 Å². The SMILES string of the molecule is COC(=O)C[C@H]1[C@]2(C)CO[C@]3(O)C([C@H]2OC(=O)C(C)C)[C@H]2O[C@]24[C@@H]2CC(=O)O[C@@H](c5ccoc5)[C@]2(C)CC[C@@H]4[C@]13C. The Morgan fingerprint density at radius 2 is 1.93 bits per heavy atom. The quantitative estimate of drug-likeness (QED) is 0.317. The number of carbonyl (C=O) groups is 3. The summed E-state index contributed by atoms with van der Waals surface area (Å²) in [6.45, 7) is 9.84. The van der Waals surface area contributed by atoms with Crippen molar-refractivity contribution in [3.05, 3.63) is 24.2 Å². The number of esters is 3. The molecule has 0 aromatic carbocycles. The van der Waals surface area contributed by atoms with Gasteiger partial charge >= 0.3 is 17.9 Å². The Labute approximate surface area is 239 Å². The number of cyclic esters (lactones) is 1. The zero-order valence-electron chi connectivity index (χ0n) is 24.5. The van der Waals surface area contributed by atoms with Gasteiger partial charge in [0.05, 0.1) is 50.6 Å². The van der Waals surface area contributed by atoms with Crippen molar-refractivity contribution in [3.63, 3.8) is 0 Å². The fraction of sp³-hybridized carbons (Fsp3) is 0.774. The highest BCUT2D eigenvalue weighted by Gasteiger charge is 2.91. The number of methoxy groups -OCH3 is 1. The Kier molecular flexibility index (Phi) is 5.58. The van der Waals surface area contributed by atoms with Gasteiger partial charge in [-0.15, -0.1) is 0 Å². The monoisotopic (exact) mass is 572 g/mol. The Balaban J connectivity index is 1.39. The van der Waals surface area contributed by atoms with Crippen LogP contribution in [0, 0.1) is 45.8 Å².